The highest BCUT2D eigenvalue weighted by atomic mass is 16.3. The summed E-state index contributed by atoms with van der Waals surface area (Å²) in [5, 5.41) is 20.9. The summed E-state index contributed by atoms with van der Waals surface area (Å²) in [5.74, 6) is 0. The van der Waals surface area contributed by atoms with Gasteiger partial charge in [0.25, 0.3) is 0 Å². The van der Waals surface area contributed by atoms with Crippen molar-refractivity contribution in [1.82, 2.24) is 5.32 Å². The van der Waals surface area contributed by atoms with Crippen LogP contribution in [0, 0.1) is 0 Å². The molecule has 0 aliphatic carbocycles. The number of nitrogens with one attached hydrogen (secondary N) is 1. The molecule has 3 heteroatoms. The molecule has 0 amide bonds. The molecule has 0 aliphatic rings. The molecule has 0 aromatic carbocycles. The molecule has 0 aliphatic heterocycles. The fourth-order valence-electron chi connectivity index (χ4n) is 0.861. The molecule has 62 valence electrons. The Bertz CT molecular complexity index is 84.1. The van der Waals surface area contributed by atoms with Crippen LogP contribution < -0.4 is 5.32 Å². The lowest BCUT2D eigenvalue weighted by Gasteiger charge is -2.22. The zero-order chi connectivity index (χ0) is 8.20. The van der Waals surface area contributed by atoms with Crippen LogP contribution in [0.5, 0.6) is 0 Å². The maximum absolute atomic E-state index is 9.30. The number of aliphatic hydroxyl groups is 2. The van der Waals surface area contributed by atoms with Gasteiger partial charge in [-0.3, -0.25) is 0 Å². The van der Waals surface area contributed by atoms with Crippen LogP contribution >= 0.6 is 0 Å². The van der Waals surface area contributed by atoms with Crippen LogP contribution in [-0.2, 0) is 0 Å². The van der Waals surface area contributed by atoms with Crippen LogP contribution in [0.2, 0.25) is 0 Å². The van der Waals surface area contributed by atoms with Crippen molar-refractivity contribution in [2.45, 2.75) is 31.9 Å². The lowest BCUT2D eigenvalue weighted by Crippen LogP contribution is -2.36. The highest BCUT2D eigenvalue weighted by Crippen LogP contribution is 2.09. The summed E-state index contributed by atoms with van der Waals surface area (Å²) < 4.78 is 0. The SMILES string of the molecule is CN[C@H](CO)CC(C)(C)O. The summed E-state index contributed by atoms with van der Waals surface area (Å²) >= 11 is 0. The first-order chi connectivity index (χ1) is 4.49. The monoisotopic (exact) mass is 147 g/mol. The van der Waals surface area contributed by atoms with E-state index in [4.69, 9.17) is 5.11 Å². The van der Waals surface area contributed by atoms with Crippen LogP contribution in [0.25, 0.3) is 0 Å². The van der Waals surface area contributed by atoms with Gasteiger partial charge in [0.05, 0.1) is 12.2 Å². The van der Waals surface area contributed by atoms with Gasteiger partial charge in [0.15, 0.2) is 0 Å². The predicted molar refractivity (Wildman–Crippen MR) is 40.8 cm³/mol. The van der Waals surface area contributed by atoms with Crippen molar-refractivity contribution in [3.05, 3.63) is 0 Å². The molecule has 0 aromatic heterocycles. The molecule has 0 heterocycles. The van der Waals surface area contributed by atoms with Gasteiger partial charge in [-0.25, -0.2) is 0 Å². The number of rotatable bonds is 4. The Kier molecular flexibility index (Phi) is 3.86. The number of likely N-dealkylation sites (N-methyl/N-ethyl adjacent to an activating group) is 1. The van der Waals surface area contributed by atoms with E-state index in [0.717, 1.165) is 0 Å². The van der Waals surface area contributed by atoms with Gasteiger partial charge in [-0.15, -0.1) is 0 Å². The number of aliphatic hydroxyl groups excluding tert-OH is 1. The van der Waals surface area contributed by atoms with Gasteiger partial charge >= 0.3 is 0 Å². The van der Waals surface area contributed by atoms with Gasteiger partial charge in [0, 0.05) is 6.04 Å². The van der Waals surface area contributed by atoms with E-state index in [1.54, 1.807) is 20.9 Å². The van der Waals surface area contributed by atoms with E-state index < -0.39 is 5.60 Å². The average molecular weight is 147 g/mol. The second-order valence-corrected chi connectivity index (χ2v) is 3.18. The maximum atomic E-state index is 9.30. The smallest absolute Gasteiger partial charge is 0.0607 e. The quantitative estimate of drug-likeness (QED) is 0.513. The Morgan fingerprint density at radius 2 is 2.00 bits per heavy atom. The van der Waals surface area contributed by atoms with Crippen LogP contribution in [0.3, 0.4) is 0 Å². The molecule has 0 radical (unpaired) electrons. The summed E-state index contributed by atoms with van der Waals surface area (Å²) in [7, 11) is 1.77. The minimum absolute atomic E-state index is 0.000000000000000444. The van der Waals surface area contributed by atoms with Gasteiger partial charge < -0.3 is 15.5 Å². The normalized spacial score (nSPS) is 15.3. The summed E-state index contributed by atoms with van der Waals surface area (Å²) in [6.45, 7) is 3.53. The van der Waals surface area contributed by atoms with Crippen molar-refractivity contribution in [3.8, 4) is 0 Å². The van der Waals surface area contributed by atoms with E-state index in [2.05, 4.69) is 5.32 Å². The van der Waals surface area contributed by atoms with E-state index in [9.17, 15) is 5.11 Å². The molecule has 0 spiro atoms. The zero-order valence-electron chi connectivity index (χ0n) is 6.89. The topological polar surface area (TPSA) is 52.5 Å². The Hall–Kier alpha value is -0.120. The highest BCUT2D eigenvalue weighted by molar-refractivity contribution is 4.74. The van der Waals surface area contributed by atoms with Gasteiger partial charge in [-0.05, 0) is 27.3 Å². The maximum Gasteiger partial charge on any atom is 0.0607 e. The molecule has 0 rings (SSSR count). The van der Waals surface area contributed by atoms with Crippen LogP contribution in [0.4, 0.5) is 0 Å². The summed E-state index contributed by atoms with van der Waals surface area (Å²) in [6.07, 6.45) is 0.569. The van der Waals surface area contributed by atoms with Crippen molar-refractivity contribution >= 4 is 0 Å². The first-order valence-electron chi connectivity index (χ1n) is 3.50. The third-order valence-electron chi connectivity index (χ3n) is 1.37. The Morgan fingerprint density at radius 3 is 2.10 bits per heavy atom. The molecule has 0 saturated heterocycles. The van der Waals surface area contributed by atoms with Crippen LogP contribution in [-0.4, -0.2) is 35.5 Å². The predicted octanol–water partition coefficient (Wildman–Crippen LogP) is -0.272. The largest absolute Gasteiger partial charge is 0.395 e. The van der Waals surface area contributed by atoms with E-state index in [0.29, 0.717) is 6.42 Å². The van der Waals surface area contributed by atoms with E-state index in [1.807, 2.05) is 0 Å². The Morgan fingerprint density at radius 1 is 1.50 bits per heavy atom. The third kappa shape index (κ3) is 4.73. The number of hydrogen-bond acceptors (Lipinski definition) is 3. The Labute approximate surface area is 62.1 Å². The summed E-state index contributed by atoms with van der Waals surface area (Å²) in [6, 6.07) is -0.000000000000000444. The molecule has 0 aromatic rings. The summed E-state index contributed by atoms with van der Waals surface area (Å²) in [5.41, 5.74) is -0.698. The molecule has 3 nitrogen and oxygen atoms in total. The molecule has 1 atom stereocenters. The van der Waals surface area contributed by atoms with Crippen molar-refractivity contribution < 1.29 is 10.2 Å². The van der Waals surface area contributed by atoms with Crippen molar-refractivity contribution in [1.29, 1.82) is 0 Å². The Balaban J connectivity index is 3.63. The minimum atomic E-state index is -0.698. The third-order valence-corrected chi connectivity index (χ3v) is 1.37. The molecule has 10 heavy (non-hydrogen) atoms. The second kappa shape index (κ2) is 3.91. The van der Waals surface area contributed by atoms with Crippen LogP contribution in [0.1, 0.15) is 20.3 Å². The highest BCUT2D eigenvalue weighted by Gasteiger charge is 2.17. The molecule has 0 fully saturated rings. The molecular weight excluding hydrogens is 130 g/mol. The second-order valence-electron chi connectivity index (χ2n) is 3.18. The van der Waals surface area contributed by atoms with Gasteiger partial charge in [-0.2, -0.15) is 0 Å². The van der Waals surface area contributed by atoms with Gasteiger partial charge in [-0.1, -0.05) is 0 Å². The van der Waals surface area contributed by atoms with Crippen molar-refractivity contribution in [3.63, 3.8) is 0 Å². The molecular formula is C7H17NO2. The lowest BCUT2D eigenvalue weighted by molar-refractivity contribution is 0.0508. The zero-order valence-corrected chi connectivity index (χ0v) is 6.89. The van der Waals surface area contributed by atoms with E-state index in [-0.39, 0.29) is 12.6 Å². The average Bonchev–Trinajstić information content (AvgIpc) is 1.81. The molecule has 3 N–H and O–H groups in total. The van der Waals surface area contributed by atoms with Crippen molar-refractivity contribution in [2.24, 2.45) is 0 Å². The lowest BCUT2D eigenvalue weighted by atomic mass is 10.00. The van der Waals surface area contributed by atoms with E-state index >= 15 is 0 Å². The molecule has 0 saturated carbocycles. The molecule has 0 unspecified atom stereocenters. The standard InChI is InChI=1S/C7H17NO2/c1-7(2,10)4-6(5-9)8-3/h6,8-10H,4-5H2,1-3H3/t6-/m0/s1. The minimum Gasteiger partial charge on any atom is -0.395 e. The first-order valence-corrected chi connectivity index (χ1v) is 3.50. The fourth-order valence-corrected chi connectivity index (χ4v) is 0.861. The van der Waals surface area contributed by atoms with Gasteiger partial charge in [0.1, 0.15) is 0 Å². The molecule has 0 bridgehead atoms. The first kappa shape index (κ1) is 9.88. The van der Waals surface area contributed by atoms with Gasteiger partial charge in [0.2, 0.25) is 0 Å². The van der Waals surface area contributed by atoms with E-state index in [1.165, 1.54) is 0 Å². The van der Waals surface area contributed by atoms with Crippen molar-refractivity contribution in [2.75, 3.05) is 13.7 Å². The summed E-state index contributed by atoms with van der Waals surface area (Å²) in [4.78, 5) is 0. The van der Waals surface area contributed by atoms with Crippen LogP contribution in [0.15, 0.2) is 0 Å². The fraction of sp³-hybridized carbons (Fsp3) is 1.00. The number of hydrogen-bond donors (Lipinski definition) is 3.